The first kappa shape index (κ1) is 37.9. The molecule has 0 radical (unpaired) electrons. The standard InChI is InChI=1S/C12H22O2.C11H18F2O2.C11H20O2/c1-11(2,3)9-10(12(4,5)6)14-8-7-13-9;1-9(2,3)7-8(10(4,5)6)15-11(12,13)14-7;1-10(2,3)8-9(11(4,5)6)13-7-12-8/h7-8H2,1-6H3;1-6H3;7H2,1-6H3. The molecule has 0 aromatic heterocycles. The van der Waals surface area contributed by atoms with Crippen LogP contribution in [0.3, 0.4) is 0 Å². The van der Waals surface area contributed by atoms with Gasteiger partial charge in [-0.2, -0.15) is 0 Å². The van der Waals surface area contributed by atoms with Crippen molar-refractivity contribution in [1.29, 1.82) is 0 Å². The number of alkyl halides is 2. The lowest BCUT2D eigenvalue weighted by Crippen LogP contribution is -2.28. The van der Waals surface area contributed by atoms with E-state index in [1.807, 2.05) is 41.5 Å². The highest BCUT2D eigenvalue weighted by Gasteiger charge is 2.51. The third-order valence-corrected chi connectivity index (χ3v) is 6.13. The highest BCUT2D eigenvalue weighted by atomic mass is 19.3. The van der Waals surface area contributed by atoms with Gasteiger partial charge in [0.1, 0.15) is 36.3 Å². The molecule has 6 nitrogen and oxygen atoms in total. The fourth-order valence-corrected chi connectivity index (χ4v) is 4.26. The first-order valence-electron chi connectivity index (χ1n) is 14.9. The van der Waals surface area contributed by atoms with Crippen molar-refractivity contribution in [3.63, 3.8) is 0 Å². The number of allylic oxidation sites excluding steroid dienone is 6. The van der Waals surface area contributed by atoms with Crippen molar-refractivity contribution in [2.75, 3.05) is 20.0 Å². The minimum atomic E-state index is -3.52. The van der Waals surface area contributed by atoms with Crippen LogP contribution in [0.4, 0.5) is 8.78 Å². The summed E-state index contributed by atoms with van der Waals surface area (Å²) >= 11 is 0. The van der Waals surface area contributed by atoms with Crippen LogP contribution < -0.4 is 0 Å². The predicted molar refractivity (Wildman–Crippen MR) is 164 cm³/mol. The molecule has 3 rings (SSSR count). The van der Waals surface area contributed by atoms with Gasteiger partial charge in [-0.15, -0.1) is 8.78 Å². The highest BCUT2D eigenvalue weighted by Crippen LogP contribution is 2.48. The Morgan fingerprint density at radius 1 is 0.381 bits per heavy atom. The first-order chi connectivity index (χ1) is 18.4. The van der Waals surface area contributed by atoms with Crippen molar-refractivity contribution in [3.05, 3.63) is 34.6 Å². The molecule has 0 saturated carbocycles. The molecule has 0 aromatic carbocycles. The molecule has 0 amide bonds. The zero-order valence-corrected chi connectivity index (χ0v) is 29.8. The van der Waals surface area contributed by atoms with Crippen molar-refractivity contribution < 1.29 is 37.2 Å². The lowest BCUT2D eigenvalue weighted by molar-refractivity contribution is -0.342. The van der Waals surface area contributed by atoms with E-state index in [0.717, 1.165) is 23.0 Å². The molecular formula is C34H60F2O6. The van der Waals surface area contributed by atoms with Gasteiger partial charge >= 0.3 is 6.29 Å². The molecule has 246 valence electrons. The van der Waals surface area contributed by atoms with E-state index in [2.05, 4.69) is 92.6 Å². The second-order valence-corrected chi connectivity index (χ2v) is 17.2. The molecule has 3 aliphatic rings. The summed E-state index contributed by atoms with van der Waals surface area (Å²) in [4.78, 5) is 0. The molecule has 0 aromatic rings. The van der Waals surface area contributed by atoms with E-state index in [0.29, 0.717) is 20.0 Å². The minimum Gasteiger partial charge on any atom is -0.490 e. The van der Waals surface area contributed by atoms with Crippen LogP contribution in [0.15, 0.2) is 34.6 Å². The molecule has 8 heteroatoms. The zero-order chi connectivity index (χ0) is 33.3. The largest absolute Gasteiger partial charge is 0.585 e. The Bertz CT molecular complexity index is 947. The summed E-state index contributed by atoms with van der Waals surface area (Å²) in [6.07, 6.45) is -3.52. The Balaban J connectivity index is 0.000000316. The van der Waals surface area contributed by atoms with Gasteiger partial charge in [-0.25, -0.2) is 0 Å². The van der Waals surface area contributed by atoms with Gasteiger partial charge < -0.3 is 28.4 Å². The van der Waals surface area contributed by atoms with Gasteiger partial charge in [0.15, 0.2) is 11.5 Å². The molecular weight excluding hydrogens is 542 g/mol. The Morgan fingerprint density at radius 2 is 0.595 bits per heavy atom. The van der Waals surface area contributed by atoms with Crippen LogP contribution in [0.1, 0.15) is 125 Å². The van der Waals surface area contributed by atoms with E-state index >= 15 is 0 Å². The topological polar surface area (TPSA) is 55.4 Å². The quantitative estimate of drug-likeness (QED) is 0.275. The van der Waals surface area contributed by atoms with Crippen LogP contribution in [-0.2, 0) is 28.4 Å². The number of hydrogen-bond donors (Lipinski definition) is 0. The van der Waals surface area contributed by atoms with Crippen molar-refractivity contribution in [3.8, 4) is 0 Å². The van der Waals surface area contributed by atoms with Crippen LogP contribution in [0.25, 0.3) is 0 Å². The molecule has 0 fully saturated rings. The summed E-state index contributed by atoms with van der Waals surface area (Å²) in [5.41, 5.74) is -0.824. The molecule has 0 aliphatic carbocycles. The smallest absolute Gasteiger partial charge is 0.490 e. The molecule has 0 saturated heterocycles. The Hall–Kier alpha value is -2.12. The monoisotopic (exact) mass is 602 g/mol. The van der Waals surface area contributed by atoms with Crippen LogP contribution >= 0.6 is 0 Å². The van der Waals surface area contributed by atoms with Gasteiger partial charge in [0.25, 0.3) is 0 Å². The molecule has 0 unspecified atom stereocenters. The van der Waals surface area contributed by atoms with Crippen molar-refractivity contribution in [1.82, 2.24) is 0 Å². The van der Waals surface area contributed by atoms with Gasteiger partial charge in [0, 0.05) is 32.5 Å². The average molecular weight is 603 g/mol. The van der Waals surface area contributed by atoms with Crippen molar-refractivity contribution in [2.45, 2.75) is 131 Å². The number of hydrogen-bond acceptors (Lipinski definition) is 6. The van der Waals surface area contributed by atoms with Crippen molar-refractivity contribution >= 4 is 0 Å². The zero-order valence-electron chi connectivity index (χ0n) is 29.8. The summed E-state index contributed by atoms with van der Waals surface area (Å²) in [6, 6.07) is 0. The highest BCUT2D eigenvalue weighted by molar-refractivity contribution is 5.19. The predicted octanol–water partition coefficient (Wildman–Crippen LogP) is 10.5. The third-order valence-electron chi connectivity index (χ3n) is 6.13. The second kappa shape index (κ2) is 12.5. The molecule has 0 spiro atoms. The number of halogens is 2. The van der Waals surface area contributed by atoms with Crippen LogP contribution in [0.2, 0.25) is 0 Å². The van der Waals surface area contributed by atoms with Gasteiger partial charge in [0.05, 0.1) is 0 Å². The van der Waals surface area contributed by atoms with Gasteiger partial charge in [-0.05, 0) is 0 Å². The molecule has 3 heterocycles. The average Bonchev–Trinajstić information content (AvgIpc) is 3.38. The molecule has 3 aliphatic heterocycles. The van der Waals surface area contributed by atoms with Crippen LogP contribution in [0.5, 0.6) is 0 Å². The second-order valence-electron chi connectivity index (χ2n) is 17.2. The van der Waals surface area contributed by atoms with Gasteiger partial charge in [-0.3, -0.25) is 0 Å². The van der Waals surface area contributed by atoms with Gasteiger partial charge in [-0.1, -0.05) is 125 Å². The molecule has 42 heavy (non-hydrogen) atoms. The SMILES string of the molecule is CC(C)(C)C1=C(C(C)(C)C)OC(F)(F)O1.CC(C)(C)C1=C(C(C)(C)C)OCCO1.CC(C)(C)C1=C(C(C)(C)C)OCO1. The summed E-state index contributed by atoms with van der Waals surface area (Å²) in [6.45, 7) is 38.4. The van der Waals surface area contributed by atoms with E-state index in [9.17, 15) is 8.78 Å². The third kappa shape index (κ3) is 10.9. The molecule has 0 bridgehead atoms. The minimum absolute atomic E-state index is 0.0308. The lowest BCUT2D eigenvalue weighted by Gasteiger charge is -2.35. The molecule has 0 N–H and O–H groups in total. The maximum atomic E-state index is 13.0. The normalized spacial score (nSPS) is 19.7. The fourth-order valence-electron chi connectivity index (χ4n) is 4.26. The summed E-state index contributed by atoms with van der Waals surface area (Å²) in [7, 11) is 0. The maximum Gasteiger partial charge on any atom is 0.585 e. The first-order valence-corrected chi connectivity index (χ1v) is 14.9. The summed E-state index contributed by atoms with van der Waals surface area (Å²) in [5.74, 6) is 4.49. The molecule has 0 atom stereocenters. The number of rotatable bonds is 0. The van der Waals surface area contributed by atoms with E-state index < -0.39 is 17.1 Å². The Labute approximate surface area is 255 Å². The van der Waals surface area contributed by atoms with Gasteiger partial charge in [0.2, 0.25) is 6.79 Å². The van der Waals surface area contributed by atoms with Crippen LogP contribution in [0, 0.1) is 32.5 Å². The maximum absolute atomic E-state index is 13.0. The van der Waals surface area contributed by atoms with E-state index in [-0.39, 0.29) is 33.2 Å². The summed E-state index contributed by atoms with van der Waals surface area (Å²) in [5, 5.41) is 0. The van der Waals surface area contributed by atoms with E-state index in [1.54, 1.807) is 0 Å². The van der Waals surface area contributed by atoms with Crippen molar-refractivity contribution in [2.24, 2.45) is 32.5 Å². The fraction of sp³-hybridized carbons (Fsp3) is 0.824. The van der Waals surface area contributed by atoms with E-state index in [4.69, 9.17) is 18.9 Å². The lowest BCUT2D eigenvalue weighted by atomic mass is 9.84. The number of ether oxygens (including phenoxy) is 6. The van der Waals surface area contributed by atoms with Crippen LogP contribution in [-0.4, -0.2) is 26.3 Å². The Kier molecular flexibility index (Phi) is 11.3. The van der Waals surface area contributed by atoms with E-state index in [1.165, 1.54) is 0 Å². The Morgan fingerprint density at radius 3 is 0.810 bits per heavy atom. The summed E-state index contributed by atoms with van der Waals surface area (Å²) < 4.78 is 57.7.